The maximum Gasteiger partial charge on any atom is 0.229 e. The number of hydrogen-bond acceptors (Lipinski definition) is 4. The fraction of sp³-hybridized carbons (Fsp3) is 0.111. The average molecular weight is 499 g/mol. The molecule has 0 unspecified atom stereocenters. The number of nitrogens with zero attached hydrogens (tertiary/aromatic N) is 3. The van der Waals surface area contributed by atoms with E-state index in [-0.39, 0.29) is 0 Å². The summed E-state index contributed by atoms with van der Waals surface area (Å²) >= 11 is 0. The molecule has 182 valence electrons. The molecule has 0 amide bonds. The standard InChI is InChI=1S/C27H26N6O2S/c1-29-27(28)26-23(15-24(30-26)20-9-6-10-22(13-20)32-36(2,34)35)19-11-12-21-17-33(31-25(21)14-19)16-18-7-4-3-5-8-18/h3-15,17,30,32H,16H2,1-2H3,(H2,28,29). The first-order valence-electron chi connectivity index (χ1n) is 11.3. The minimum atomic E-state index is -3.39. The van der Waals surface area contributed by atoms with Crippen LogP contribution in [0.25, 0.3) is 33.3 Å². The van der Waals surface area contributed by atoms with Crippen LogP contribution in [0.2, 0.25) is 0 Å². The molecule has 4 N–H and O–H groups in total. The third kappa shape index (κ3) is 5.01. The highest BCUT2D eigenvalue weighted by Gasteiger charge is 2.16. The summed E-state index contributed by atoms with van der Waals surface area (Å²) in [4.78, 5) is 7.55. The Hall–Kier alpha value is -4.37. The van der Waals surface area contributed by atoms with Crippen LogP contribution in [0.15, 0.2) is 90.1 Å². The van der Waals surface area contributed by atoms with E-state index in [4.69, 9.17) is 10.8 Å². The lowest BCUT2D eigenvalue weighted by Crippen LogP contribution is -2.14. The highest BCUT2D eigenvalue weighted by atomic mass is 32.2. The van der Waals surface area contributed by atoms with E-state index < -0.39 is 10.0 Å². The van der Waals surface area contributed by atoms with Crippen molar-refractivity contribution in [3.8, 4) is 22.4 Å². The minimum Gasteiger partial charge on any atom is -0.382 e. The molecule has 5 rings (SSSR count). The van der Waals surface area contributed by atoms with E-state index in [1.807, 2.05) is 59.4 Å². The van der Waals surface area contributed by atoms with E-state index in [2.05, 4.69) is 26.8 Å². The normalized spacial score (nSPS) is 12.2. The molecule has 0 aliphatic rings. The number of fused-ring (bicyclic) bond motifs is 1. The van der Waals surface area contributed by atoms with Crippen molar-refractivity contribution in [2.45, 2.75) is 6.54 Å². The number of rotatable bonds is 7. The summed E-state index contributed by atoms with van der Waals surface area (Å²) in [5.41, 5.74) is 12.9. The third-order valence-electron chi connectivity index (χ3n) is 5.84. The van der Waals surface area contributed by atoms with Crippen LogP contribution in [0, 0.1) is 0 Å². The topological polar surface area (TPSA) is 118 Å². The first-order valence-corrected chi connectivity index (χ1v) is 13.2. The maximum atomic E-state index is 11.7. The van der Waals surface area contributed by atoms with Crippen LogP contribution in [0.5, 0.6) is 0 Å². The molecule has 0 aliphatic heterocycles. The number of aromatic amines is 1. The highest BCUT2D eigenvalue weighted by molar-refractivity contribution is 7.92. The van der Waals surface area contributed by atoms with Crippen molar-refractivity contribution in [3.05, 3.63) is 96.3 Å². The van der Waals surface area contributed by atoms with Crippen LogP contribution in [0.1, 0.15) is 11.3 Å². The fourth-order valence-electron chi connectivity index (χ4n) is 4.20. The number of aromatic nitrogens is 3. The molecule has 2 heterocycles. The highest BCUT2D eigenvalue weighted by Crippen LogP contribution is 2.32. The number of sulfonamides is 1. The lowest BCUT2D eigenvalue weighted by atomic mass is 10.0. The second-order valence-corrected chi connectivity index (χ2v) is 10.4. The number of nitrogens with two attached hydrogens (primary N) is 1. The van der Waals surface area contributed by atoms with Gasteiger partial charge in [0, 0.05) is 41.1 Å². The van der Waals surface area contributed by atoms with Crippen LogP contribution in [-0.4, -0.2) is 42.3 Å². The van der Waals surface area contributed by atoms with E-state index >= 15 is 0 Å². The summed E-state index contributed by atoms with van der Waals surface area (Å²) in [5.74, 6) is 0.372. The molecule has 9 heteroatoms. The predicted molar refractivity (Wildman–Crippen MR) is 146 cm³/mol. The second-order valence-electron chi connectivity index (χ2n) is 8.62. The number of anilines is 1. The lowest BCUT2D eigenvalue weighted by molar-refractivity contribution is 0.607. The van der Waals surface area contributed by atoms with Crippen LogP contribution in [0.4, 0.5) is 5.69 Å². The lowest BCUT2D eigenvalue weighted by Gasteiger charge is -2.05. The van der Waals surface area contributed by atoms with Gasteiger partial charge in [-0.2, -0.15) is 5.10 Å². The van der Waals surface area contributed by atoms with Gasteiger partial charge in [-0.15, -0.1) is 0 Å². The molecule has 0 fully saturated rings. The zero-order valence-electron chi connectivity index (χ0n) is 19.9. The Labute approximate surface area is 209 Å². The average Bonchev–Trinajstić information content (AvgIpc) is 3.47. The van der Waals surface area contributed by atoms with Crippen molar-refractivity contribution < 1.29 is 8.42 Å². The quantitative estimate of drug-likeness (QED) is 0.227. The van der Waals surface area contributed by atoms with E-state index in [1.54, 1.807) is 25.2 Å². The van der Waals surface area contributed by atoms with Crippen LogP contribution in [0.3, 0.4) is 0 Å². The van der Waals surface area contributed by atoms with Crippen molar-refractivity contribution in [2.24, 2.45) is 10.7 Å². The van der Waals surface area contributed by atoms with E-state index in [0.29, 0.717) is 23.8 Å². The van der Waals surface area contributed by atoms with E-state index in [1.165, 1.54) is 5.56 Å². The largest absolute Gasteiger partial charge is 0.382 e. The molecule has 0 bridgehead atoms. The molecule has 36 heavy (non-hydrogen) atoms. The van der Waals surface area contributed by atoms with Crippen LogP contribution in [-0.2, 0) is 16.6 Å². The summed E-state index contributed by atoms with van der Waals surface area (Å²) in [6, 6.07) is 25.5. The molecule has 0 aliphatic carbocycles. The molecule has 3 aromatic carbocycles. The smallest absolute Gasteiger partial charge is 0.229 e. The monoisotopic (exact) mass is 498 g/mol. The zero-order valence-corrected chi connectivity index (χ0v) is 20.8. The van der Waals surface area contributed by atoms with Crippen molar-refractivity contribution >= 4 is 32.4 Å². The summed E-state index contributed by atoms with van der Waals surface area (Å²) in [7, 11) is -1.74. The van der Waals surface area contributed by atoms with Gasteiger partial charge in [-0.3, -0.25) is 14.4 Å². The minimum absolute atomic E-state index is 0.372. The number of amidine groups is 1. The van der Waals surface area contributed by atoms with Gasteiger partial charge < -0.3 is 10.7 Å². The second kappa shape index (κ2) is 9.35. The van der Waals surface area contributed by atoms with Gasteiger partial charge in [0.2, 0.25) is 10.0 Å². The van der Waals surface area contributed by atoms with Crippen molar-refractivity contribution in [1.82, 2.24) is 14.8 Å². The van der Waals surface area contributed by atoms with Gasteiger partial charge in [-0.25, -0.2) is 8.42 Å². The van der Waals surface area contributed by atoms with Crippen LogP contribution < -0.4 is 10.5 Å². The van der Waals surface area contributed by atoms with Gasteiger partial charge in [0.15, 0.2) is 0 Å². The molecule has 0 saturated carbocycles. The number of aliphatic imine (C=N–C) groups is 1. The molecular formula is C27H26N6O2S. The molecule has 0 radical (unpaired) electrons. The molecule has 0 saturated heterocycles. The fourth-order valence-corrected chi connectivity index (χ4v) is 4.76. The zero-order chi connectivity index (χ0) is 25.3. The molecular weight excluding hydrogens is 472 g/mol. The number of benzene rings is 3. The Balaban J connectivity index is 1.54. The Kier molecular flexibility index (Phi) is 6.07. The van der Waals surface area contributed by atoms with Crippen molar-refractivity contribution in [1.29, 1.82) is 0 Å². The molecule has 2 aromatic heterocycles. The van der Waals surface area contributed by atoms with Gasteiger partial charge in [0.25, 0.3) is 0 Å². The Morgan fingerprint density at radius 2 is 1.83 bits per heavy atom. The Morgan fingerprint density at radius 3 is 2.58 bits per heavy atom. The van der Waals surface area contributed by atoms with Gasteiger partial charge in [0.05, 0.1) is 24.0 Å². The van der Waals surface area contributed by atoms with E-state index in [9.17, 15) is 8.42 Å². The number of H-pyrrole nitrogens is 1. The molecule has 0 spiro atoms. The third-order valence-corrected chi connectivity index (χ3v) is 6.45. The van der Waals surface area contributed by atoms with E-state index in [0.717, 1.165) is 39.5 Å². The summed E-state index contributed by atoms with van der Waals surface area (Å²) in [6.45, 7) is 0.692. The van der Waals surface area contributed by atoms with Crippen LogP contribution >= 0.6 is 0 Å². The summed E-state index contributed by atoms with van der Waals surface area (Å²) < 4.78 is 27.8. The number of hydrogen-bond donors (Lipinski definition) is 3. The van der Waals surface area contributed by atoms with Gasteiger partial charge in [0.1, 0.15) is 5.84 Å². The number of nitrogens with one attached hydrogen (secondary N) is 2. The molecule has 0 atom stereocenters. The first kappa shape index (κ1) is 23.4. The Morgan fingerprint density at radius 1 is 1.03 bits per heavy atom. The van der Waals surface area contributed by atoms with Gasteiger partial charge >= 0.3 is 0 Å². The van der Waals surface area contributed by atoms with Gasteiger partial charge in [-0.05, 0) is 35.4 Å². The van der Waals surface area contributed by atoms with Gasteiger partial charge in [-0.1, -0.05) is 54.6 Å². The molecule has 5 aromatic rings. The van der Waals surface area contributed by atoms with Crippen molar-refractivity contribution in [3.63, 3.8) is 0 Å². The first-order chi connectivity index (χ1) is 17.3. The SMILES string of the molecule is CN=C(N)c1[nH]c(-c2cccc(NS(C)(=O)=O)c2)cc1-c1ccc2cn(Cc3ccccc3)nc2c1. The summed E-state index contributed by atoms with van der Waals surface area (Å²) in [5, 5.41) is 5.82. The van der Waals surface area contributed by atoms with Crippen molar-refractivity contribution in [2.75, 3.05) is 18.0 Å². The Bertz CT molecular complexity index is 1680. The molecule has 8 nitrogen and oxygen atoms in total. The predicted octanol–water partition coefficient (Wildman–Crippen LogP) is 4.45. The summed E-state index contributed by atoms with van der Waals surface area (Å²) in [6.07, 6.45) is 3.16. The maximum absolute atomic E-state index is 11.7.